The first kappa shape index (κ1) is 32.3. The fourth-order valence-electron chi connectivity index (χ4n) is 4.48. The predicted molar refractivity (Wildman–Crippen MR) is 165 cm³/mol. The van der Waals surface area contributed by atoms with Crippen LogP contribution in [0.1, 0.15) is 50.2 Å². The lowest BCUT2D eigenvalue weighted by molar-refractivity contribution is -0.126. The van der Waals surface area contributed by atoms with Gasteiger partial charge in [0.1, 0.15) is 12.1 Å². The fraction of sp³-hybridized carbons (Fsp3) is 0.353. The van der Waals surface area contributed by atoms with Crippen molar-refractivity contribution in [3.05, 3.63) is 89.8 Å². The highest BCUT2D eigenvalue weighted by molar-refractivity contribution is 5.67. The number of anilines is 2. The van der Waals surface area contributed by atoms with E-state index in [0.29, 0.717) is 24.5 Å². The number of nitrogens with zero attached hydrogens (tertiary/aromatic N) is 2. The van der Waals surface area contributed by atoms with Gasteiger partial charge < -0.3 is 19.3 Å². The van der Waals surface area contributed by atoms with E-state index in [-0.39, 0.29) is 5.82 Å². The highest BCUT2D eigenvalue weighted by atomic mass is 19.1. The summed E-state index contributed by atoms with van der Waals surface area (Å²) in [6, 6.07) is 21.9. The van der Waals surface area contributed by atoms with Gasteiger partial charge in [-0.1, -0.05) is 67.8 Å². The maximum atomic E-state index is 14.8. The molecular formula is C34H43FN2O3. The van der Waals surface area contributed by atoms with Gasteiger partial charge in [0.2, 0.25) is 0 Å². The van der Waals surface area contributed by atoms with Crippen molar-refractivity contribution in [1.82, 2.24) is 0 Å². The van der Waals surface area contributed by atoms with Crippen molar-refractivity contribution in [1.29, 1.82) is 0 Å². The van der Waals surface area contributed by atoms with Gasteiger partial charge in [0, 0.05) is 50.5 Å². The molecule has 0 heterocycles. The molecule has 1 aliphatic carbocycles. The summed E-state index contributed by atoms with van der Waals surface area (Å²) in [5.41, 5.74) is 5.94. The van der Waals surface area contributed by atoms with Gasteiger partial charge in [0.05, 0.1) is 7.11 Å². The molecule has 5 nitrogen and oxygen atoms in total. The summed E-state index contributed by atoms with van der Waals surface area (Å²) in [6.07, 6.45) is 11.3. The number of aldehydes is 1. The van der Waals surface area contributed by atoms with E-state index in [1.165, 1.54) is 26.4 Å². The Morgan fingerprint density at radius 1 is 0.875 bits per heavy atom. The number of rotatable bonds is 8. The van der Waals surface area contributed by atoms with Gasteiger partial charge in [0.15, 0.2) is 0 Å². The minimum atomic E-state index is -0.175. The Kier molecular flexibility index (Phi) is 14.2. The second-order valence-corrected chi connectivity index (χ2v) is 10.1. The Labute approximate surface area is 239 Å². The highest BCUT2D eigenvalue weighted by Crippen LogP contribution is 2.26. The molecule has 0 aromatic heterocycles. The van der Waals surface area contributed by atoms with Gasteiger partial charge in [-0.05, 0) is 66.8 Å². The molecule has 3 aromatic rings. The van der Waals surface area contributed by atoms with Gasteiger partial charge in [-0.2, -0.15) is 0 Å². The van der Waals surface area contributed by atoms with Gasteiger partial charge in [-0.25, -0.2) is 4.39 Å². The van der Waals surface area contributed by atoms with E-state index in [1.54, 1.807) is 6.07 Å². The zero-order chi connectivity index (χ0) is 29.3. The second-order valence-electron chi connectivity index (χ2n) is 10.1. The average molecular weight is 547 g/mol. The third kappa shape index (κ3) is 10.7. The van der Waals surface area contributed by atoms with Crippen molar-refractivity contribution in [2.45, 2.75) is 45.6 Å². The van der Waals surface area contributed by atoms with Crippen LogP contribution in [-0.2, 0) is 20.9 Å². The van der Waals surface area contributed by atoms with Crippen molar-refractivity contribution in [2.75, 3.05) is 38.1 Å². The van der Waals surface area contributed by atoms with Crippen molar-refractivity contribution < 1.29 is 18.7 Å². The molecule has 3 aromatic carbocycles. The van der Waals surface area contributed by atoms with E-state index >= 15 is 0 Å². The van der Waals surface area contributed by atoms with Crippen molar-refractivity contribution >= 4 is 30.2 Å². The Balaban J connectivity index is 0.000000387. The molecule has 40 heavy (non-hydrogen) atoms. The summed E-state index contributed by atoms with van der Waals surface area (Å²) in [5, 5.41) is 0. The molecule has 1 fully saturated rings. The molecule has 0 aliphatic heterocycles. The van der Waals surface area contributed by atoms with E-state index in [9.17, 15) is 9.18 Å². The Morgan fingerprint density at radius 2 is 1.52 bits per heavy atom. The SMILES string of the molecule is C/C=C/c1cccc(N(C)Cc2ccc(-c3ccc(N(C)C)cc3)cc2F)c1.COC=O.O=CC1CCCCC1. The van der Waals surface area contributed by atoms with Crippen LogP contribution in [-0.4, -0.2) is 41.0 Å². The van der Waals surface area contributed by atoms with E-state index in [2.05, 4.69) is 32.7 Å². The van der Waals surface area contributed by atoms with Crippen LogP contribution >= 0.6 is 0 Å². The molecule has 0 atom stereocenters. The number of methoxy groups -OCH3 is 1. The second kappa shape index (κ2) is 17.6. The summed E-state index contributed by atoms with van der Waals surface area (Å²) < 4.78 is 18.6. The van der Waals surface area contributed by atoms with E-state index in [1.807, 2.05) is 82.7 Å². The minimum Gasteiger partial charge on any atom is -0.471 e. The summed E-state index contributed by atoms with van der Waals surface area (Å²) in [5.74, 6) is 0.231. The molecule has 0 N–H and O–H groups in total. The molecular weight excluding hydrogens is 503 g/mol. The number of hydrogen-bond donors (Lipinski definition) is 0. The van der Waals surface area contributed by atoms with Gasteiger partial charge >= 0.3 is 0 Å². The maximum Gasteiger partial charge on any atom is 0.292 e. The zero-order valence-electron chi connectivity index (χ0n) is 24.5. The smallest absolute Gasteiger partial charge is 0.292 e. The first-order valence-electron chi connectivity index (χ1n) is 13.7. The number of carbonyl (C=O) groups excluding carboxylic acids is 2. The highest BCUT2D eigenvalue weighted by Gasteiger charge is 2.11. The first-order valence-corrected chi connectivity index (χ1v) is 13.7. The maximum absolute atomic E-state index is 14.8. The van der Waals surface area contributed by atoms with Crippen LogP contribution in [0.5, 0.6) is 0 Å². The number of ether oxygens (including phenoxy) is 1. The molecule has 1 aliphatic rings. The van der Waals surface area contributed by atoms with Crippen molar-refractivity contribution in [3.63, 3.8) is 0 Å². The lowest BCUT2D eigenvalue weighted by Gasteiger charge is -2.20. The molecule has 0 amide bonds. The van der Waals surface area contributed by atoms with Crippen LogP contribution in [0.2, 0.25) is 0 Å². The summed E-state index contributed by atoms with van der Waals surface area (Å²) in [4.78, 5) is 23.2. The molecule has 4 rings (SSSR count). The van der Waals surface area contributed by atoms with Crippen molar-refractivity contribution in [3.8, 4) is 11.1 Å². The average Bonchev–Trinajstić information content (AvgIpc) is 2.99. The van der Waals surface area contributed by atoms with Gasteiger partial charge in [-0.15, -0.1) is 0 Å². The molecule has 214 valence electrons. The van der Waals surface area contributed by atoms with E-state index in [4.69, 9.17) is 4.79 Å². The summed E-state index contributed by atoms with van der Waals surface area (Å²) in [6.45, 7) is 2.90. The lowest BCUT2D eigenvalue weighted by Crippen LogP contribution is -2.17. The lowest BCUT2D eigenvalue weighted by atomic mass is 9.91. The van der Waals surface area contributed by atoms with Crippen LogP contribution in [0.15, 0.2) is 72.8 Å². The van der Waals surface area contributed by atoms with Crippen LogP contribution in [0.3, 0.4) is 0 Å². The van der Waals surface area contributed by atoms with Gasteiger partial charge in [0.25, 0.3) is 6.47 Å². The number of carbonyl (C=O) groups is 2. The minimum absolute atomic E-state index is 0.175. The molecule has 0 unspecified atom stereocenters. The summed E-state index contributed by atoms with van der Waals surface area (Å²) in [7, 11) is 7.32. The third-order valence-electron chi connectivity index (χ3n) is 6.79. The fourth-order valence-corrected chi connectivity index (χ4v) is 4.48. The largest absolute Gasteiger partial charge is 0.471 e. The number of hydrogen-bond acceptors (Lipinski definition) is 5. The standard InChI is InChI=1S/C25H27FN2.C7H12O.C2H4O2/c1-5-7-19-8-6-9-24(16-19)28(4)18-22-11-10-21(17-25(22)26)20-12-14-23(15-13-20)27(2)3;8-6-7-4-2-1-3-5-7;1-4-2-3/h5-17H,18H2,1-4H3;6-7H,1-5H2;2H,1H3/b7-5+;;. The summed E-state index contributed by atoms with van der Waals surface area (Å²) >= 11 is 0. The molecule has 0 saturated heterocycles. The zero-order valence-corrected chi connectivity index (χ0v) is 24.5. The Morgan fingerprint density at radius 3 is 2.05 bits per heavy atom. The van der Waals surface area contributed by atoms with E-state index in [0.717, 1.165) is 47.2 Å². The van der Waals surface area contributed by atoms with E-state index < -0.39 is 0 Å². The molecule has 0 bridgehead atoms. The normalized spacial score (nSPS) is 12.8. The van der Waals surface area contributed by atoms with Crippen LogP contribution in [0.25, 0.3) is 17.2 Å². The first-order chi connectivity index (χ1) is 19.3. The Hall–Kier alpha value is -3.93. The van der Waals surface area contributed by atoms with Crippen LogP contribution in [0.4, 0.5) is 15.8 Å². The monoisotopic (exact) mass is 546 g/mol. The number of benzene rings is 3. The number of halogens is 1. The van der Waals surface area contributed by atoms with Crippen LogP contribution in [0, 0.1) is 11.7 Å². The molecule has 1 saturated carbocycles. The molecule has 6 heteroatoms. The Bertz CT molecular complexity index is 1200. The topological polar surface area (TPSA) is 49.9 Å². The molecule has 0 radical (unpaired) electrons. The van der Waals surface area contributed by atoms with Crippen molar-refractivity contribution in [2.24, 2.45) is 5.92 Å². The van der Waals surface area contributed by atoms with Gasteiger partial charge in [-0.3, -0.25) is 4.79 Å². The van der Waals surface area contributed by atoms with Crippen LogP contribution < -0.4 is 9.80 Å². The molecule has 0 spiro atoms. The third-order valence-corrected chi connectivity index (χ3v) is 6.79. The quantitative estimate of drug-likeness (QED) is 0.270. The predicted octanol–water partition coefficient (Wildman–Crippen LogP) is 7.78. The number of allylic oxidation sites excluding steroid dienone is 1.